The van der Waals surface area contributed by atoms with Gasteiger partial charge >= 0.3 is 0 Å². The second-order valence-corrected chi connectivity index (χ2v) is 6.83. The van der Waals surface area contributed by atoms with E-state index in [-0.39, 0.29) is 11.7 Å². The molecule has 0 aliphatic carbocycles. The molecule has 1 N–H and O–H groups in total. The standard InChI is InChI=1S/C20H22N4O3S/c1-4-27-16-10-8-14(9-11-16)19-22-23-20(24(19)2)28-13-18(25)21-15-6-5-7-17(12-15)26-3/h5-12H,4,13H2,1-3H3,(H,21,25). The minimum Gasteiger partial charge on any atom is -0.497 e. The molecular weight excluding hydrogens is 376 g/mol. The van der Waals surface area contributed by atoms with Crippen LogP contribution in [0.4, 0.5) is 5.69 Å². The van der Waals surface area contributed by atoms with Gasteiger partial charge in [0, 0.05) is 24.4 Å². The molecule has 0 aliphatic heterocycles. The molecule has 0 saturated carbocycles. The Kier molecular flexibility index (Phi) is 6.54. The van der Waals surface area contributed by atoms with Gasteiger partial charge in [0.05, 0.1) is 19.5 Å². The number of benzene rings is 2. The van der Waals surface area contributed by atoms with E-state index in [2.05, 4.69) is 15.5 Å². The first-order chi connectivity index (χ1) is 13.6. The van der Waals surface area contributed by atoms with Crippen molar-refractivity contribution in [3.05, 3.63) is 48.5 Å². The topological polar surface area (TPSA) is 78.3 Å². The number of carbonyl (C=O) groups is 1. The Bertz CT molecular complexity index is 941. The van der Waals surface area contributed by atoms with E-state index in [1.165, 1.54) is 11.8 Å². The molecule has 0 bridgehead atoms. The number of thioether (sulfide) groups is 1. The van der Waals surface area contributed by atoms with Crippen molar-refractivity contribution in [1.29, 1.82) is 0 Å². The zero-order valence-corrected chi connectivity index (χ0v) is 16.8. The van der Waals surface area contributed by atoms with Crippen molar-refractivity contribution in [2.24, 2.45) is 7.05 Å². The summed E-state index contributed by atoms with van der Waals surface area (Å²) in [5.74, 6) is 2.35. The van der Waals surface area contributed by atoms with Crippen molar-refractivity contribution in [1.82, 2.24) is 14.8 Å². The number of ether oxygens (including phenoxy) is 2. The number of amides is 1. The summed E-state index contributed by atoms with van der Waals surface area (Å²) in [6.45, 7) is 2.58. The van der Waals surface area contributed by atoms with Gasteiger partial charge in [-0.25, -0.2) is 0 Å². The Labute approximate surface area is 168 Å². The van der Waals surface area contributed by atoms with Crippen molar-refractivity contribution in [2.75, 3.05) is 24.8 Å². The summed E-state index contributed by atoms with van der Waals surface area (Å²) in [6.07, 6.45) is 0. The van der Waals surface area contributed by atoms with Crippen LogP contribution in [-0.2, 0) is 11.8 Å². The SMILES string of the molecule is CCOc1ccc(-c2nnc(SCC(=O)Nc3cccc(OC)c3)n2C)cc1. The summed E-state index contributed by atoms with van der Waals surface area (Å²) < 4.78 is 12.5. The van der Waals surface area contributed by atoms with Crippen molar-refractivity contribution < 1.29 is 14.3 Å². The minimum atomic E-state index is -0.121. The number of nitrogens with zero attached hydrogens (tertiary/aromatic N) is 3. The minimum absolute atomic E-state index is 0.121. The highest BCUT2D eigenvalue weighted by Crippen LogP contribution is 2.25. The highest BCUT2D eigenvalue weighted by atomic mass is 32.2. The first kappa shape index (κ1) is 19.8. The molecule has 1 aromatic heterocycles. The second kappa shape index (κ2) is 9.27. The fraction of sp³-hybridized carbons (Fsp3) is 0.250. The van der Waals surface area contributed by atoms with Crippen LogP contribution >= 0.6 is 11.8 Å². The molecule has 7 nitrogen and oxygen atoms in total. The predicted octanol–water partition coefficient (Wildman–Crippen LogP) is 3.62. The molecule has 0 fully saturated rings. The van der Waals surface area contributed by atoms with E-state index < -0.39 is 0 Å². The van der Waals surface area contributed by atoms with E-state index in [0.29, 0.717) is 23.2 Å². The summed E-state index contributed by atoms with van der Waals surface area (Å²) in [5, 5.41) is 12.0. The highest BCUT2D eigenvalue weighted by molar-refractivity contribution is 7.99. The Morgan fingerprint density at radius 2 is 1.93 bits per heavy atom. The maximum atomic E-state index is 12.2. The average Bonchev–Trinajstić information content (AvgIpc) is 3.08. The van der Waals surface area contributed by atoms with E-state index in [4.69, 9.17) is 9.47 Å². The van der Waals surface area contributed by atoms with Gasteiger partial charge < -0.3 is 19.4 Å². The Morgan fingerprint density at radius 1 is 1.14 bits per heavy atom. The quantitative estimate of drug-likeness (QED) is 0.584. The molecule has 0 aliphatic rings. The smallest absolute Gasteiger partial charge is 0.234 e. The maximum absolute atomic E-state index is 12.2. The summed E-state index contributed by atoms with van der Waals surface area (Å²) >= 11 is 1.33. The third-order valence-electron chi connectivity index (χ3n) is 3.94. The molecule has 1 heterocycles. The lowest BCUT2D eigenvalue weighted by Crippen LogP contribution is -2.14. The molecule has 1 amide bonds. The fourth-order valence-electron chi connectivity index (χ4n) is 2.59. The van der Waals surface area contributed by atoms with Crippen LogP contribution in [0.1, 0.15) is 6.92 Å². The van der Waals surface area contributed by atoms with Crippen molar-refractivity contribution in [3.63, 3.8) is 0 Å². The van der Waals surface area contributed by atoms with Crippen LogP contribution in [-0.4, -0.2) is 40.1 Å². The Hall–Kier alpha value is -3.00. The van der Waals surface area contributed by atoms with E-state index in [1.807, 2.05) is 61.0 Å². The van der Waals surface area contributed by atoms with Crippen LogP contribution in [0.2, 0.25) is 0 Å². The number of nitrogens with one attached hydrogen (secondary N) is 1. The van der Waals surface area contributed by atoms with E-state index in [1.54, 1.807) is 13.2 Å². The van der Waals surface area contributed by atoms with Gasteiger partial charge in [-0.15, -0.1) is 10.2 Å². The van der Waals surface area contributed by atoms with Crippen LogP contribution in [0.3, 0.4) is 0 Å². The van der Waals surface area contributed by atoms with Gasteiger partial charge in [-0.3, -0.25) is 4.79 Å². The number of hydrogen-bond donors (Lipinski definition) is 1. The lowest BCUT2D eigenvalue weighted by atomic mass is 10.2. The number of carbonyl (C=O) groups excluding carboxylic acids is 1. The number of hydrogen-bond acceptors (Lipinski definition) is 6. The third kappa shape index (κ3) is 4.83. The summed E-state index contributed by atoms with van der Waals surface area (Å²) in [6, 6.07) is 14.9. The van der Waals surface area contributed by atoms with Gasteiger partial charge in [-0.2, -0.15) is 0 Å². The largest absolute Gasteiger partial charge is 0.497 e. The van der Waals surface area contributed by atoms with Gasteiger partial charge in [0.2, 0.25) is 5.91 Å². The highest BCUT2D eigenvalue weighted by Gasteiger charge is 2.13. The van der Waals surface area contributed by atoms with Crippen LogP contribution in [0, 0.1) is 0 Å². The zero-order chi connectivity index (χ0) is 19.9. The third-order valence-corrected chi connectivity index (χ3v) is 4.96. The number of anilines is 1. The first-order valence-corrected chi connectivity index (χ1v) is 9.78. The van der Waals surface area contributed by atoms with Crippen molar-refractivity contribution >= 4 is 23.4 Å². The lowest BCUT2D eigenvalue weighted by Gasteiger charge is -2.07. The van der Waals surface area contributed by atoms with E-state index in [0.717, 1.165) is 17.1 Å². The number of aromatic nitrogens is 3. The maximum Gasteiger partial charge on any atom is 0.234 e. The Balaban J connectivity index is 1.61. The Morgan fingerprint density at radius 3 is 2.64 bits per heavy atom. The molecule has 2 aromatic carbocycles. The fourth-order valence-corrected chi connectivity index (χ4v) is 3.30. The molecule has 28 heavy (non-hydrogen) atoms. The molecule has 0 atom stereocenters. The second-order valence-electron chi connectivity index (χ2n) is 5.89. The molecule has 146 valence electrons. The normalized spacial score (nSPS) is 10.5. The lowest BCUT2D eigenvalue weighted by molar-refractivity contribution is -0.113. The van der Waals surface area contributed by atoms with Gasteiger partial charge in [0.15, 0.2) is 11.0 Å². The summed E-state index contributed by atoms with van der Waals surface area (Å²) in [7, 11) is 3.47. The molecule has 0 spiro atoms. The first-order valence-electron chi connectivity index (χ1n) is 8.80. The molecule has 8 heteroatoms. The summed E-state index contributed by atoms with van der Waals surface area (Å²) in [4.78, 5) is 12.2. The van der Waals surface area contributed by atoms with Gasteiger partial charge in [-0.1, -0.05) is 17.8 Å². The molecule has 0 radical (unpaired) electrons. The molecule has 3 rings (SSSR count). The molecule has 0 saturated heterocycles. The summed E-state index contributed by atoms with van der Waals surface area (Å²) in [5.41, 5.74) is 1.63. The molecule has 3 aromatic rings. The van der Waals surface area contributed by atoms with Gasteiger partial charge in [0.1, 0.15) is 11.5 Å². The van der Waals surface area contributed by atoms with E-state index >= 15 is 0 Å². The van der Waals surface area contributed by atoms with Crippen LogP contribution in [0.25, 0.3) is 11.4 Å². The van der Waals surface area contributed by atoms with E-state index in [9.17, 15) is 4.79 Å². The average molecular weight is 398 g/mol. The van der Waals surface area contributed by atoms with Crippen LogP contribution in [0.5, 0.6) is 11.5 Å². The molecule has 0 unspecified atom stereocenters. The number of methoxy groups -OCH3 is 1. The molecular formula is C20H22N4O3S. The number of rotatable bonds is 8. The van der Waals surface area contributed by atoms with Crippen LogP contribution < -0.4 is 14.8 Å². The van der Waals surface area contributed by atoms with Gasteiger partial charge in [-0.05, 0) is 43.3 Å². The van der Waals surface area contributed by atoms with Crippen molar-refractivity contribution in [3.8, 4) is 22.9 Å². The zero-order valence-electron chi connectivity index (χ0n) is 16.0. The van der Waals surface area contributed by atoms with Crippen LogP contribution in [0.15, 0.2) is 53.7 Å². The van der Waals surface area contributed by atoms with Gasteiger partial charge in [0.25, 0.3) is 0 Å². The van der Waals surface area contributed by atoms with Crippen molar-refractivity contribution in [2.45, 2.75) is 12.1 Å². The predicted molar refractivity (Wildman–Crippen MR) is 110 cm³/mol. The monoisotopic (exact) mass is 398 g/mol.